The Morgan fingerprint density at radius 1 is 1.28 bits per heavy atom. The van der Waals surface area contributed by atoms with Crippen LogP contribution >= 0.6 is 11.6 Å². The van der Waals surface area contributed by atoms with Crippen molar-refractivity contribution in [1.29, 1.82) is 0 Å². The molecule has 0 radical (unpaired) electrons. The minimum Gasteiger partial charge on any atom is -0.301 e. The SMILES string of the molecule is C=Cn1c2ccc(C=O)cc2c2cc(Cl)cnc21. The number of pyridine rings is 1. The molecule has 0 amide bonds. The molecule has 3 aromatic rings. The fourth-order valence-corrected chi connectivity index (χ4v) is 2.33. The number of halogens is 1. The van der Waals surface area contributed by atoms with E-state index in [1.807, 2.05) is 22.8 Å². The van der Waals surface area contributed by atoms with Crippen LogP contribution in [0.1, 0.15) is 10.4 Å². The van der Waals surface area contributed by atoms with Gasteiger partial charge in [0.1, 0.15) is 11.9 Å². The lowest BCUT2D eigenvalue weighted by Gasteiger charge is -1.97. The van der Waals surface area contributed by atoms with Gasteiger partial charge in [0.2, 0.25) is 0 Å². The average Bonchev–Trinajstić information content (AvgIpc) is 2.71. The number of carbonyl (C=O) groups is 1. The smallest absolute Gasteiger partial charge is 0.150 e. The number of hydrogen-bond donors (Lipinski definition) is 0. The van der Waals surface area contributed by atoms with Crippen LogP contribution in [0.4, 0.5) is 0 Å². The zero-order chi connectivity index (χ0) is 12.7. The number of rotatable bonds is 2. The predicted octanol–water partition coefficient (Wildman–Crippen LogP) is 3.76. The van der Waals surface area contributed by atoms with E-state index in [1.165, 1.54) is 0 Å². The van der Waals surface area contributed by atoms with Crippen molar-refractivity contribution in [2.24, 2.45) is 0 Å². The Morgan fingerprint density at radius 3 is 2.83 bits per heavy atom. The third-order valence-corrected chi connectivity index (χ3v) is 3.16. The predicted molar refractivity (Wildman–Crippen MR) is 74.0 cm³/mol. The van der Waals surface area contributed by atoms with Crippen molar-refractivity contribution in [3.05, 3.63) is 47.6 Å². The third kappa shape index (κ3) is 1.45. The molecule has 2 aromatic heterocycles. The second kappa shape index (κ2) is 3.96. The molecule has 0 unspecified atom stereocenters. The standard InChI is InChI=1S/C14H9ClN2O/c1-2-17-13-4-3-9(8-18)5-11(13)12-6-10(15)7-16-14(12)17/h2-8H,1H2. The Labute approximate surface area is 108 Å². The highest BCUT2D eigenvalue weighted by Crippen LogP contribution is 2.30. The first-order chi connectivity index (χ1) is 8.74. The van der Waals surface area contributed by atoms with Gasteiger partial charge in [-0.3, -0.25) is 4.79 Å². The van der Waals surface area contributed by atoms with Gasteiger partial charge in [0.25, 0.3) is 0 Å². The van der Waals surface area contributed by atoms with Gasteiger partial charge < -0.3 is 4.57 Å². The van der Waals surface area contributed by atoms with Crippen molar-refractivity contribution >= 4 is 46.0 Å². The number of aromatic nitrogens is 2. The van der Waals surface area contributed by atoms with Gasteiger partial charge in [-0.15, -0.1) is 0 Å². The van der Waals surface area contributed by atoms with Crippen LogP contribution in [-0.4, -0.2) is 15.8 Å². The highest BCUT2D eigenvalue weighted by atomic mass is 35.5. The van der Waals surface area contributed by atoms with Crippen LogP contribution in [0.15, 0.2) is 37.0 Å². The number of hydrogen-bond acceptors (Lipinski definition) is 2. The monoisotopic (exact) mass is 256 g/mol. The van der Waals surface area contributed by atoms with Crippen LogP contribution < -0.4 is 0 Å². The van der Waals surface area contributed by atoms with Gasteiger partial charge in [0.05, 0.1) is 10.5 Å². The summed E-state index contributed by atoms with van der Waals surface area (Å²) < 4.78 is 1.88. The highest BCUT2D eigenvalue weighted by Gasteiger charge is 2.10. The molecule has 0 spiro atoms. The molecular formula is C14H9ClN2O. The summed E-state index contributed by atoms with van der Waals surface area (Å²) in [5.41, 5.74) is 2.37. The molecule has 0 fully saturated rings. The first kappa shape index (κ1) is 11.0. The molecule has 1 aromatic carbocycles. The maximum absolute atomic E-state index is 10.9. The van der Waals surface area contributed by atoms with Gasteiger partial charge in [-0.25, -0.2) is 4.98 Å². The number of fused-ring (bicyclic) bond motifs is 3. The molecule has 0 aliphatic rings. The number of benzene rings is 1. The molecule has 18 heavy (non-hydrogen) atoms. The van der Waals surface area contributed by atoms with Crippen LogP contribution in [0.5, 0.6) is 0 Å². The zero-order valence-electron chi connectivity index (χ0n) is 9.43. The molecule has 0 saturated heterocycles. The molecule has 0 aliphatic carbocycles. The molecule has 88 valence electrons. The molecule has 0 bridgehead atoms. The molecule has 0 atom stereocenters. The summed E-state index contributed by atoms with van der Waals surface area (Å²) in [6.07, 6.45) is 4.13. The van der Waals surface area contributed by atoms with E-state index in [-0.39, 0.29) is 0 Å². The summed E-state index contributed by atoms with van der Waals surface area (Å²) in [6.45, 7) is 3.79. The summed E-state index contributed by atoms with van der Waals surface area (Å²) in [5.74, 6) is 0. The third-order valence-electron chi connectivity index (χ3n) is 2.95. The fraction of sp³-hybridized carbons (Fsp3) is 0. The number of aldehydes is 1. The summed E-state index contributed by atoms with van der Waals surface area (Å²) in [4.78, 5) is 15.2. The maximum atomic E-state index is 10.9. The van der Waals surface area contributed by atoms with Crippen molar-refractivity contribution < 1.29 is 4.79 Å². The minimum absolute atomic E-state index is 0.571. The first-order valence-corrected chi connectivity index (χ1v) is 5.79. The minimum atomic E-state index is 0.571. The van der Waals surface area contributed by atoms with Crippen LogP contribution in [0.25, 0.3) is 28.1 Å². The van der Waals surface area contributed by atoms with Crippen LogP contribution in [0.3, 0.4) is 0 Å². The van der Waals surface area contributed by atoms with Crippen molar-refractivity contribution in [3.8, 4) is 0 Å². The van der Waals surface area contributed by atoms with Gasteiger partial charge in [0, 0.05) is 28.7 Å². The Balaban J connectivity index is 2.57. The molecule has 3 rings (SSSR count). The van der Waals surface area contributed by atoms with E-state index in [0.717, 1.165) is 28.2 Å². The lowest BCUT2D eigenvalue weighted by Crippen LogP contribution is -1.87. The lowest BCUT2D eigenvalue weighted by atomic mass is 10.1. The van der Waals surface area contributed by atoms with Gasteiger partial charge in [-0.2, -0.15) is 0 Å². The van der Waals surface area contributed by atoms with Crippen LogP contribution in [0.2, 0.25) is 5.02 Å². The Hall–Kier alpha value is -2.13. The van der Waals surface area contributed by atoms with Gasteiger partial charge in [-0.1, -0.05) is 18.2 Å². The van der Waals surface area contributed by atoms with Crippen LogP contribution in [0, 0.1) is 0 Å². The zero-order valence-corrected chi connectivity index (χ0v) is 10.2. The summed E-state index contributed by atoms with van der Waals surface area (Å²) in [7, 11) is 0. The molecule has 2 heterocycles. The molecule has 0 saturated carbocycles. The lowest BCUT2D eigenvalue weighted by molar-refractivity contribution is 0.112. The molecule has 0 aliphatic heterocycles. The van der Waals surface area contributed by atoms with E-state index in [2.05, 4.69) is 11.6 Å². The Morgan fingerprint density at radius 2 is 2.11 bits per heavy atom. The number of carbonyl (C=O) groups excluding carboxylic acids is 1. The van der Waals surface area contributed by atoms with Crippen molar-refractivity contribution in [2.75, 3.05) is 0 Å². The van der Waals surface area contributed by atoms with E-state index >= 15 is 0 Å². The summed E-state index contributed by atoms with van der Waals surface area (Å²) in [5, 5.41) is 2.44. The molecule has 4 heteroatoms. The van der Waals surface area contributed by atoms with Gasteiger partial charge >= 0.3 is 0 Å². The van der Waals surface area contributed by atoms with E-state index in [0.29, 0.717) is 10.6 Å². The summed E-state index contributed by atoms with van der Waals surface area (Å²) >= 11 is 5.98. The first-order valence-electron chi connectivity index (χ1n) is 5.41. The average molecular weight is 257 g/mol. The topological polar surface area (TPSA) is 34.9 Å². The van der Waals surface area contributed by atoms with Crippen LogP contribution in [-0.2, 0) is 0 Å². The molecular weight excluding hydrogens is 248 g/mol. The Bertz CT molecular complexity index is 789. The van der Waals surface area contributed by atoms with E-state index < -0.39 is 0 Å². The largest absolute Gasteiger partial charge is 0.301 e. The normalized spacial score (nSPS) is 10.9. The fourth-order valence-electron chi connectivity index (χ4n) is 2.17. The second-order valence-corrected chi connectivity index (χ2v) is 4.41. The second-order valence-electron chi connectivity index (χ2n) is 3.97. The highest BCUT2D eigenvalue weighted by molar-refractivity contribution is 6.31. The van der Waals surface area contributed by atoms with Crippen molar-refractivity contribution in [1.82, 2.24) is 9.55 Å². The number of nitrogens with zero attached hydrogens (tertiary/aromatic N) is 2. The quantitative estimate of drug-likeness (QED) is 0.655. The van der Waals surface area contributed by atoms with Gasteiger partial charge in [0.15, 0.2) is 0 Å². The Kier molecular flexibility index (Phi) is 2.42. The van der Waals surface area contributed by atoms with E-state index in [4.69, 9.17) is 11.6 Å². The maximum Gasteiger partial charge on any atom is 0.150 e. The molecule has 3 nitrogen and oxygen atoms in total. The van der Waals surface area contributed by atoms with Crippen molar-refractivity contribution in [2.45, 2.75) is 0 Å². The van der Waals surface area contributed by atoms with E-state index in [1.54, 1.807) is 18.5 Å². The van der Waals surface area contributed by atoms with E-state index in [9.17, 15) is 4.79 Å². The summed E-state index contributed by atoms with van der Waals surface area (Å²) in [6, 6.07) is 7.34. The molecule has 0 N–H and O–H groups in total. The van der Waals surface area contributed by atoms with Crippen molar-refractivity contribution in [3.63, 3.8) is 0 Å². The van der Waals surface area contributed by atoms with Gasteiger partial charge in [-0.05, 0) is 24.3 Å².